The Kier molecular flexibility index (Phi) is 4.66. The molecule has 0 fully saturated rings. The number of aromatic amines is 1. The van der Waals surface area contributed by atoms with Crippen molar-refractivity contribution in [3.05, 3.63) is 53.8 Å². The molecular formula is C16H14N4O3S. The second kappa shape index (κ2) is 7.05. The van der Waals surface area contributed by atoms with Gasteiger partial charge in [0.05, 0.1) is 5.56 Å². The Hall–Kier alpha value is -3.00. The second-order valence-corrected chi connectivity index (χ2v) is 5.78. The Balaban J connectivity index is 1.60. The Bertz CT molecular complexity index is 814. The number of aromatic nitrogens is 3. The molecule has 3 rings (SSSR count). The van der Waals surface area contributed by atoms with Crippen molar-refractivity contribution in [3.8, 4) is 11.4 Å². The fourth-order valence-electron chi connectivity index (χ4n) is 1.96. The van der Waals surface area contributed by atoms with Crippen LogP contribution in [0.25, 0.3) is 11.4 Å². The van der Waals surface area contributed by atoms with Crippen LogP contribution in [0.3, 0.4) is 0 Å². The van der Waals surface area contributed by atoms with E-state index in [4.69, 9.17) is 4.74 Å². The highest BCUT2D eigenvalue weighted by atomic mass is 32.1. The van der Waals surface area contributed by atoms with E-state index in [-0.39, 0.29) is 0 Å². The van der Waals surface area contributed by atoms with E-state index in [0.29, 0.717) is 16.5 Å². The van der Waals surface area contributed by atoms with Crippen molar-refractivity contribution >= 4 is 28.3 Å². The lowest BCUT2D eigenvalue weighted by molar-refractivity contribution is -0.123. The molecule has 0 bridgehead atoms. The molecule has 0 saturated carbocycles. The lowest BCUT2D eigenvalue weighted by Crippen LogP contribution is -2.29. The van der Waals surface area contributed by atoms with Gasteiger partial charge in [0, 0.05) is 29.5 Å². The van der Waals surface area contributed by atoms with Crippen molar-refractivity contribution in [1.29, 1.82) is 0 Å². The highest BCUT2D eigenvalue weighted by molar-refractivity contribution is 7.13. The van der Waals surface area contributed by atoms with Crippen LogP contribution in [0.4, 0.5) is 5.13 Å². The molecule has 0 aliphatic heterocycles. The quantitative estimate of drug-likeness (QED) is 0.695. The van der Waals surface area contributed by atoms with Crippen LogP contribution >= 0.6 is 11.3 Å². The largest absolute Gasteiger partial charge is 0.449 e. The normalized spacial score (nSPS) is 11.7. The average molecular weight is 342 g/mol. The smallest absolute Gasteiger partial charge is 0.338 e. The van der Waals surface area contributed by atoms with Crippen molar-refractivity contribution in [1.82, 2.24) is 15.0 Å². The van der Waals surface area contributed by atoms with Crippen LogP contribution < -0.4 is 5.32 Å². The lowest BCUT2D eigenvalue weighted by Gasteiger charge is -2.12. The number of nitrogens with one attached hydrogen (secondary N) is 2. The van der Waals surface area contributed by atoms with Gasteiger partial charge in [0.15, 0.2) is 11.2 Å². The van der Waals surface area contributed by atoms with Crippen molar-refractivity contribution in [3.63, 3.8) is 0 Å². The van der Waals surface area contributed by atoms with Crippen molar-refractivity contribution < 1.29 is 14.3 Å². The molecular weight excluding hydrogens is 328 g/mol. The van der Waals surface area contributed by atoms with Gasteiger partial charge in [0.25, 0.3) is 5.91 Å². The molecule has 0 spiro atoms. The third-order valence-corrected chi connectivity index (χ3v) is 3.90. The average Bonchev–Trinajstić information content (AvgIpc) is 3.28. The van der Waals surface area contributed by atoms with Gasteiger partial charge in [-0.1, -0.05) is 12.1 Å². The number of imidazole rings is 1. The Morgan fingerprint density at radius 2 is 2.00 bits per heavy atom. The second-order valence-electron chi connectivity index (χ2n) is 4.89. The monoisotopic (exact) mass is 342 g/mol. The molecule has 1 unspecified atom stereocenters. The molecule has 2 N–H and O–H groups in total. The minimum Gasteiger partial charge on any atom is -0.449 e. The maximum atomic E-state index is 12.1. The molecule has 1 amide bonds. The van der Waals surface area contributed by atoms with E-state index in [2.05, 4.69) is 20.3 Å². The number of anilines is 1. The third kappa shape index (κ3) is 3.66. The molecule has 2 aromatic heterocycles. The van der Waals surface area contributed by atoms with Crippen LogP contribution in [-0.2, 0) is 9.53 Å². The first-order valence-corrected chi connectivity index (χ1v) is 8.02. The van der Waals surface area contributed by atoms with Crippen LogP contribution in [0, 0.1) is 0 Å². The zero-order valence-electron chi connectivity index (χ0n) is 12.7. The molecule has 1 atom stereocenters. The molecule has 0 aliphatic rings. The van der Waals surface area contributed by atoms with Gasteiger partial charge in [-0.3, -0.25) is 10.1 Å². The van der Waals surface area contributed by atoms with E-state index in [1.165, 1.54) is 18.3 Å². The van der Waals surface area contributed by atoms with Crippen molar-refractivity contribution in [2.75, 3.05) is 5.32 Å². The first-order valence-electron chi connectivity index (χ1n) is 7.14. The van der Waals surface area contributed by atoms with Gasteiger partial charge in [0.2, 0.25) is 0 Å². The third-order valence-electron chi connectivity index (χ3n) is 3.21. The van der Waals surface area contributed by atoms with Crippen LogP contribution in [0.2, 0.25) is 0 Å². The minimum absolute atomic E-state index is 0.360. The summed E-state index contributed by atoms with van der Waals surface area (Å²) >= 11 is 1.29. The summed E-state index contributed by atoms with van der Waals surface area (Å²) in [5, 5.41) is 4.79. The highest BCUT2D eigenvalue weighted by Crippen LogP contribution is 2.16. The first-order chi connectivity index (χ1) is 11.6. The molecule has 2 heterocycles. The maximum absolute atomic E-state index is 12.1. The van der Waals surface area contributed by atoms with E-state index in [0.717, 1.165) is 5.56 Å². The first kappa shape index (κ1) is 15.9. The van der Waals surface area contributed by atoms with Gasteiger partial charge < -0.3 is 9.72 Å². The number of hydrogen-bond acceptors (Lipinski definition) is 6. The number of ether oxygens (including phenoxy) is 1. The number of carbonyl (C=O) groups is 2. The zero-order valence-corrected chi connectivity index (χ0v) is 13.5. The van der Waals surface area contributed by atoms with E-state index in [1.54, 1.807) is 48.2 Å². The number of amides is 1. The predicted octanol–water partition coefficient (Wildman–Crippen LogP) is 2.72. The molecule has 122 valence electrons. The number of hydrogen-bond donors (Lipinski definition) is 2. The fourth-order valence-corrected chi connectivity index (χ4v) is 2.49. The number of nitrogens with zero attached hydrogens (tertiary/aromatic N) is 2. The maximum Gasteiger partial charge on any atom is 0.338 e. The molecule has 3 aromatic rings. The van der Waals surface area contributed by atoms with Gasteiger partial charge in [0.1, 0.15) is 5.82 Å². The van der Waals surface area contributed by atoms with Gasteiger partial charge in [-0.2, -0.15) is 0 Å². The molecule has 0 saturated heterocycles. The number of benzene rings is 1. The van der Waals surface area contributed by atoms with E-state index in [1.807, 2.05) is 0 Å². The Morgan fingerprint density at radius 3 is 2.62 bits per heavy atom. The summed E-state index contributed by atoms with van der Waals surface area (Å²) in [5.41, 5.74) is 1.21. The summed E-state index contributed by atoms with van der Waals surface area (Å²) in [7, 11) is 0. The van der Waals surface area contributed by atoms with E-state index < -0.39 is 18.0 Å². The minimum atomic E-state index is -0.925. The molecule has 0 aliphatic carbocycles. The topological polar surface area (TPSA) is 97.0 Å². The Labute approximate surface area is 141 Å². The lowest BCUT2D eigenvalue weighted by atomic mass is 10.1. The van der Waals surface area contributed by atoms with E-state index >= 15 is 0 Å². The van der Waals surface area contributed by atoms with Gasteiger partial charge in [-0.25, -0.2) is 14.8 Å². The summed E-state index contributed by atoms with van der Waals surface area (Å²) in [5.74, 6) is -0.278. The molecule has 1 aromatic carbocycles. The number of thiazole rings is 1. The van der Waals surface area contributed by atoms with E-state index in [9.17, 15) is 9.59 Å². The number of carbonyl (C=O) groups excluding carboxylic acids is 2. The van der Waals surface area contributed by atoms with Gasteiger partial charge in [-0.15, -0.1) is 11.3 Å². The predicted molar refractivity (Wildman–Crippen MR) is 89.6 cm³/mol. The fraction of sp³-hybridized carbons (Fsp3) is 0.125. The number of esters is 1. The SMILES string of the molecule is CC(OC(=O)c1ccc(-c2ncc[nH]2)cc1)C(=O)Nc1nccs1. The molecule has 7 nitrogen and oxygen atoms in total. The summed E-state index contributed by atoms with van der Waals surface area (Å²) in [6.07, 6.45) is 4.03. The highest BCUT2D eigenvalue weighted by Gasteiger charge is 2.19. The number of H-pyrrole nitrogens is 1. The van der Waals surface area contributed by atoms with Gasteiger partial charge in [-0.05, 0) is 19.1 Å². The standard InChI is InChI=1S/C16H14N4O3S/c1-10(14(21)20-16-19-8-9-24-16)23-15(22)12-4-2-11(3-5-12)13-17-6-7-18-13/h2-10H,1H3,(H,17,18)(H,19,20,21). The van der Waals surface area contributed by atoms with Crippen LogP contribution in [0.15, 0.2) is 48.2 Å². The summed E-state index contributed by atoms with van der Waals surface area (Å²) < 4.78 is 5.18. The molecule has 0 radical (unpaired) electrons. The number of rotatable bonds is 5. The van der Waals surface area contributed by atoms with Crippen molar-refractivity contribution in [2.45, 2.75) is 13.0 Å². The van der Waals surface area contributed by atoms with Gasteiger partial charge >= 0.3 is 5.97 Å². The summed E-state index contributed by atoms with van der Waals surface area (Å²) in [6.45, 7) is 1.51. The molecule has 24 heavy (non-hydrogen) atoms. The zero-order chi connectivity index (χ0) is 16.9. The summed E-state index contributed by atoms with van der Waals surface area (Å²) in [6, 6.07) is 6.78. The van der Waals surface area contributed by atoms with Crippen LogP contribution in [-0.4, -0.2) is 32.9 Å². The summed E-state index contributed by atoms with van der Waals surface area (Å²) in [4.78, 5) is 35.1. The molecule has 8 heteroatoms. The van der Waals surface area contributed by atoms with Crippen LogP contribution in [0.1, 0.15) is 17.3 Å². The Morgan fingerprint density at radius 1 is 1.21 bits per heavy atom. The van der Waals surface area contributed by atoms with Crippen LogP contribution in [0.5, 0.6) is 0 Å². The van der Waals surface area contributed by atoms with Crippen molar-refractivity contribution in [2.24, 2.45) is 0 Å².